The molecule has 1 heteroatoms. The van der Waals surface area contributed by atoms with Crippen molar-refractivity contribution in [2.45, 2.75) is 13.3 Å². The predicted molar refractivity (Wildman–Crippen MR) is 79.7 cm³/mol. The third kappa shape index (κ3) is 2.84. The molecule has 17 heavy (non-hydrogen) atoms. The Hall–Kier alpha value is -1.39. The van der Waals surface area contributed by atoms with Crippen LogP contribution in [0.3, 0.4) is 0 Å². The molecule has 0 N–H and O–H groups in total. The van der Waals surface area contributed by atoms with Crippen molar-refractivity contribution in [3.05, 3.63) is 71.8 Å². The minimum Gasteiger partial charge on any atom is -0.105 e. The van der Waals surface area contributed by atoms with E-state index in [0.717, 1.165) is 6.42 Å². The molecule has 0 bridgehead atoms. The van der Waals surface area contributed by atoms with Gasteiger partial charge in [-0.1, -0.05) is 67.6 Å². The average Bonchev–Trinajstić information content (AvgIpc) is 2.42. The van der Waals surface area contributed by atoms with Gasteiger partial charge in [0.05, 0.1) is 0 Å². The molecule has 86 valence electrons. The summed E-state index contributed by atoms with van der Waals surface area (Å²) in [7, 11) is 2.88. The molecule has 2 aromatic rings. The molecule has 1 unspecified atom stereocenters. The van der Waals surface area contributed by atoms with E-state index in [0.29, 0.717) is 0 Å². The van der Waals surface area contributed by atoms with Crippen LogP contribution in [0.2, 0.25) is 0 Å². The number of allylic oxidation sites excluding steroid dienone is 1. The van der Waals surface area contributed by atoms with E-state index >= 15 is 0 Å². The highest BCUT2D eigenvalue weighted by atomic mass is 31.0. The molecule has 0 aliphatic carbocycles. The molecule has 0 amide bonds. The summed E-state index contributed by atoms with van der Waals surface area (Å²) >= 11 is 0. The van der Waals surface area contributed by atoms with E-state index in [9.17, 15) is 0 Å². The third-order valence-electron chi connectivity index (χ3n) is 2.89. The maximum Gasteiger partial charge on any atom is -0.0182 e. The Morgan fingerprint density at radius 3 is 1.76 bits per heavy atom. The first-order chi connectivity index (χ1) is 8.33. The summed E-state index contributed by atoms with van der Waals surface area (Å²) in [5, 5.41) is 1.29. The molecular weight excluding hydrogens is 223 g/mol. The minimum absolute atomic E-state index is 1.04. The summed E-state index contributed by atoms with van der Waals surface area (Å²) < 4.78 is 0. The molecule has 0 heterocycles. The second-order valence-corrected chi connectivity index (χ2v) is 4.56. The molecule has 0 nitrogen and oxygen atoms in total. The van der Waals surface area contributed by atoms with Crippen molar-refractivity contribution in [2.24, 2.45) is 0 Å². The number of rotatable bonds is 3. The summed E-state index contributed by atoms with van der Waals surface area (Å²) in [6.45, 7) is 2.20. The van der Waals surface area contributed by atoms with E-state index in [-0.39, 0.29) is 0 Å². The normalized spacial score (nSPS) is 12.1. The topological polar surface area (TPSA) is 0 Å². The van der Waals surface area contributed by atoms with Gasteiger partial charge in [0.2, 0.25) is 0 Å². The SMILES string of the molecule is CCC(=C(P)c1ccccc1)c1ccccc1. The molecular formula is C16H17P. The van der Waals surface area contributed by atoms with Gasteiger partial charge in [0.15, 0.2) is 0 Å². The van der Waals surface area contributed by atoms with Gasteiger partial charge in [0.25, 0.3) is 0 Å². The Kier molecular flexibility index (Phi) is 4.12. The van der Waals surface area contributed by atoms with E-state index in [1.54, 1.807) is 0 Å². The molecule has 1 atom stereocenters. The number of hydrogen-bond acceptors (Lipinski definition) is 0. The van der Waals surface area contributed by atoms with Crippen molar-refractivity contribution in [2.75, 3.05) is 0 Å². The van der Waals surface area contributed by atoms with Crippen LogP contribution in [0.1, 0.15) is 24.5 Å². The zero-order valence-electron chi connectivity index (χ0n) is 10.1. The fraction of sp³-hybridized carbons (Fsp3) is 0.125. The Morgan fingerprint density at radius 2 is 1.29 bits per heavy atom. The lowest BCUT2D eigenvalue weighted by Crippen LogP contribution is -1.86. The largest absolute Gasteiger partial charge is 0.105 e. The van der Waals surface area contributed by atoms with Crippen molar-refractivity contribution in [3.63, 3.8) is 0 Å². The van der Waals surface area contributed by atoms with Crippen molar-refractivity contribution in [1.29, 1.82) is 0 Å². The van der Waals surface area contributed by atoms with E-state index in [1.165, 1.54) is 22.0 Å². The number of benzene rings is 2. The maximum atomic E-state index is 2.88. The first-order valence-electron chi connectivity index (χ1n) is 5.92. The molecule has 0 fully saturated rings. The van der Waals surface area contributed by atoms with Crippen molar-refractivity contribution in [3.8, 4) is 0 Å². The summed E-state index contributed by atoms with van der Waals surface area (Å²) in [5.41, 5.74) is 3.98. The zero-order valence-corrected chi connectivity index (χ0v) is 11.2. The highest BCUT2D eigenvalue weighted by molar-refractivity contribution is 7.32. The monoisotopic (exact) mass is 240 g/mol. The quantitative estimate of drug-likeness (QED) is 0.532. The van der Waals surface area contributed by atoms with Gasteiger partial charge in [-0.15, -0.1) is 9.24 Å². The van der Waals surface area contributed by atoms with Crippen LogP contribution in [0, 0.1) is 0 Å². The highest BCUT2D eigenvalue weighted by Crippen LogP contribution is 2.33. The second-order valence-electron chi connectivity index (χ2n) is 3.98. The molecule has 0 aliphatic heterocycles. The molecule has 2 rings (SSSR count). The molecule has 2 aromatic carbocycles. The summed E-state index contributed by atoms with van der Waals surface area (Å²) in [4.78, 5) is 0. The van der Waals surface area contributed by atoms with Crippen LogP contribution in [-0.4, -0.2) is 0 Å². The van der Waals surface area contributed by atoms with Gasteiger partial charge in [0, 0.05) is 0 Å². The lowest BCUT2D eigenvalue weighted by molar-refractivity contribution is 1.24. The Balaban J connectivity index is 2.48. The van der Waals surface area contributed by atoms with E-state index < -0.39 is 0 Å². The molecule has 0 radical (unpaired) electrons. The Bertz CT molecular complexity index is 498. The van der Waals surface area contributed by atoms with Crippen LogP contribution >= 0.6 is 9.24 Å². The molecule has 0 saturated heterocycles. The van der Waals surface area contributed by atoms with Crippen LogP contribution in [0.15, 0.2) is 60.7 Å². The van der Waals surface area contributed by atoms with Crippen molar-refractivity contribution < 1.29 is 0 Å². The van der Waals surface area contributed by atoms with Gasteiger partial charge < -0.3 is 0 Å². The molecule has 0 aliphatic rings. The standard InChI is InChI=1S/C16H17P/c1-2-15(13-9-5-3-6-10-13)16(17)14-11-7-4-8-12-14/h3-12H,2,17H2,1H3. The predicted octanol–water partition coefficient (Wildman–Crippen LogP) is 4.84. The molecule has 0 spiro atoms. The smallest absolute Gasteiger partial charge is 0.0182 e. The fourth-order valence-electron chi connectivity index (χ4n) is 1.98. The number of hydrogen-bond donors (Lipinski definition) is 0. The fourth-order valence-corrected chi connectivity index (χ4v) is 2.54. The van der Waals surface area contributed by atoms with Gasteiger partial charge in [-0.3, -0.25) is 0 Å². The Morgan fingerprint density at radius 1 is 0.824 bits per heavy atom. The molecule has 0 saturated carbocycles. The zero-order chi connectivity index (χ0) is 12.1. The van der Waals surface area contributed by atoms with Crippen LogP contribution < -0.4 is 0 Å². The van der Waals surface area contributed by atoms with E-state index in [4.69, 9.17) is 0 Å². The lowest BCUT2D eigenvalue weighted by Gasteiger charge is -2.11. The minimum atomic E-state index is 1.04. The summed E-state index contributed by atoms with van der Waals surface area (Å²) in [6, 6.07) is 21.1. The summed E-state index contributed by atoms with van der Waals surface area (Å²) in [5.74, 6) is 0. The van der Waals surface area contributed by atoms with Gasteiger partial charge in [-0.2, -0.15) is 0 Å². The first-order valence-corrected chi connectivity index (χ1v) is 6.50. The van der Waals surface area contributed by atoms with Crippen LogP contribution in [0.4, 0.5) is 0 Å². The van der Waals surface area contributed by atoms with Crippen LogP contribution in [0.25, 0.3) is 10.9 Å². The first kappa shape index (κ1) is 12.1. The Labute approximate surface area is 106 Å². The van der Waals surface area contributed by atoms with Crippen molar-refractivity contribution in [1.82, 2.24) is 0 Å². The van der Waals surface area contributed by atoms with Gasteiger partial charge in [-0.05, 0) is 28.4 Å². The van der Waals surface area contributed by atoms with Crippen LogP contribution in [0.5, 0.6) is 0 Å². The van der Waals surface area contributed by atoms with E-state index in [2.05, 4.69) is 76.8 Å². The van der Waals surface area contributed by atoms with Crippen molar-refractivity contribution >= 4 is 20.1 Å². The average molecular weight is 240 g/mol. The maximum absolute atomic E-state index is 2.88. The third-order valence-corrected chi connectivity index (χ3v) is 3.57. The molecule has 0 aromatic heterocycles. The second kappa shape index (κ2) is 5.80. The highest BCUT2D eigenvalue weighted by Gasteiger charge is 2.05. The lowest BCUT2D eigenvalue weighted by atomic mass is 10.0. The van der Waals surface area contributed by atoms with Gasteiger partial charge in [-0.25, -0.2) is 0 Å². The van der Waals surface area contributed by atoms with E-state index in [1.807, 2.05) is 0 Å². The van der Waals surface area contributed by atoms with Crippen LogP contribution in [-0.2, 0) is 0 Å². The van der Waals surface area contributed by atoms with Gasteiger partial charge >= 0.3 is 0 Å². The summed E-state index contributed by atoms with van der Waals surface area (Å²) in [6.07, 6.45) is 1.04. The van der Waals surface area contributed by atoms with Gasteiger partial charge in [0.1, 0.15) is 0 Å².